The van der Waals surface area contributed by atoms with Gasteiger partial charge in [0.05, 0.1) is 10.0 Å². The Labute approximate surface area is 87.8 Å². The largest absolute Gasteiger partial charge is 0.282 e. The van der Waals surface area contributed by atoms with Gasteiger partial charge in [0.25, 0.3) is 0 Å². The van der Waals surface area contributed by atoms with Gasteiger partial charge in [-0.2, -0.15) is 0 Å². The summed E-state index contributed by atoms with van der Waals surface area (Å²) in [5.41, 5.74) is 0.569. The summed E-state index contributed by atoms with van der Waals surface area (Å²) in [5, 5.41) is 0.877. The molecule has 0 saturated carbocycles. The first-order valence-corrected chi connectivity index (χ1v) is 4.59. The van der Waals surface area contributed by atoms with E-state index in [1.807, 2.05) is 0 Å². The van der Waals surface area contributed by atoms with Gasteiger partial charge in [-0.15, -0.1) is 0 Å². The van der Waals surface area contributed by atoms with Gasteiger partial charge in [-0.25, -0.2) is 0 Å². The molecule has 1 aromatic carbocycles. The lowest BCUT2D eigenvalue weighted by Gasteiger charge is -1.96. The number of halogens is 3. The summed E-state index contributed by atoms with van der Waals surface area (Å²) in [6.45, 7) is 0. The van der Waals surface area contributed by atoms with Crippen molar-refractivity contribution in [3.63, 3.8) is 0 Å². The first-order chi connectivity index (χ1) is 5.11. The van der Waals surface area contributed by atoms with Gasteiger partial charge in [0.1, 0.15) is 0 Å². The minimum atomic E-state index is -0.0406. The third-order valence-electron chi connectivity index (χ3n) is 1.15. The molecule has 0 atom stereocenters. The predicted octanol–water partition coefficient (Wildman–Crippen LogP) is 3.57. The van der Waals surface area contributed by atoms with Gasteiger partial charge < -0.3 is 0 Å². The van der Waals surface area contributed by atoms with Crippen molar-refractivity contribution in [1.29, 1.82) is 0 Å². The van der Waals surface area contributed by atoms with Crippen molar-refractivity contribution in [1.82, 2.24) is 0 Å². The normalized spacial score (nSPS) is 9.73. The lowest BCUT2D eigenvalue weighted by atomic mass is 10.2. The van der Waals surface area contributed by atoms with E-state index in [-0.39, 0.29) is 3.79 Å². The Hall–Kier alpha value is 0.200. The van der Waals surface area contributed by atoms with E-state index in [4.69, 9.17) is 23.2 Å². The van der Waals surface area contributed by atoms with Gasteiger partial charge in [0.15, 0.2) is 0 Å². The maximum absolute atomic E-state index is 10.8. The Morgan fingerprint density at radius 1 is 1.27 bits per heavy atom. The number of rotatable bonds is 1. The van der Waals surface area contributed by atoms with Crippen LogP contribution in [0.15, 0.2) is 18.2 Å². The molecule has 1 nitrogen and oxygen atoms in total. The smallest absolute Gasteiger partial charge is 0.222 e. The molecule has 0 N–H and O–H groups in total. The predicted molar refractivity (Wildman–Crippen MR) is 54.8 cm³/mol. The fraction of sp³-hybridized carbons (Fsp3) is 0. The van der Waals surface area contributed by atoms with Crippen molar-refractivity contribution in [3.05, 3.63) is 33.8 Å². The third-order valence-corrected chi connectivity index (χ3v) is 2.51. The maximum Gasteiger partial charge on any atom is 0.222 e. The first-order valence-electron chi connectivity index (χ1n) is 2.76. The van der Waals surface area contributed by atoms with E-state index in [0.717, 1.165) is 0 Å². The average molecular weight is 301 g/mol. The molecule has 0 bridgehead atoms. The van der Waals surface area contributed by atoms with Gasteiger partial charge in [0.2, 0.25) is 3.79 Å². The van der Waals surface area contributed by atoms with Crippen LogP contribution in [0.3, 0.4) is 0 Å². The Morgan fingerprint density at radius 3 is 2.36 bits per heavy atom. The molecule has 0 aliphatic heterocycles. The number of carbonyl (C=O) groups is 1. The van der Waals surface area contributed by atoms with E-state index in [2.05, 4.69) is 0 Å². The van der Waals surface area contributed by atoms with Gasteiger partial charge in [-0.05, 0) is 18.2 Å². The second-order valence-electron chi connectivity index (χ2n) is 1.90. The van der Waals surface area contributed by atoms with Crippen LogP contribution in [-0.2, 0) is 0 Å². The van der Waals surface area contributed by atoms with Crippen molar-refractivity contribution >= 4 is 49.6 Å². The zero-order valence-electron chi connectivity index (χ0n) is 5.27. The molecule has 0 spiro atoms. The van der Waals surface area contributed by atoms with Crippen LogP contribution in [-0.4, -0.2) is 3.79 Å². The molecule has 0 aliphatic rings. The van der Waals surface area contributed by atoms with Crippen molar-refractivity contribution < 1.29 is 4.79 Å². The number of hydrogen-bond acceptors (Lipinski definition) is 1. The molecule has 1 rings (SSSR count). The Kier molecular flexibility index (Phi) is 3.16. The molecule has 0 aromatic heterocycles. The molecule has 11 heavy (non-hydrogen) atoms. The molecule has 0 unspecified atom stereocenters. The highest BCUT2D eigenvalue weighted by Crippen LogP contribution is 2.23. The van der Waals surface area contributed by atoms with Crippen LogP contribution in [0.1, 0.15) is 10.4 Å². The van der Waals surface area contributed by atoms with Gasteiger partial charge in [-0.1, -0.05) is 23.2 Å². The number of benzene rings is 1. The molecule has 4 heteroatoms. The van der Waals surface area contributed by atoms with Crippen molar-refractivity contribution in [3.8, 4) is 0 Å². The minimum Gasteiger partial charge on any atom is -0.282 e. The molecule has 0 saturated heterocycles. The first kappa shape index (κ1) is 9.29. The fourth-order valence-corrected chi connectivity index (χ4v) is 1.25. The molecule has 0 aliphatic carbocycles. The van der Waals surface area contributed by atoms with Gasteiger partial charge >= 0.3 is 0 Å². The van der Waals surface area contributed by atoms with Crippen molar-refractivity contribution in [2.45, 2.75) is 0 Å². The highest BCUT2D eigenvalue weighted by atomic mass is 127. The van der Waals surface area contributed by atoms with Crippen molar-refractivity contribution in [2.24, 2.45) is 0 Å². The summed E-state index contributed by atoms with van der Waals surface area (Å²) in [5.74, 6) is 0. The summed E-state index contributed by atoms with van der Waals surface area (Å²) >= 11 is 13.0. The fourth-order valence-electron chi connectivity index (χ4n) is 0.618. The van der Waals surface area contributed by atoms with Crippen LogP contribution in [0.5, 0.6) is 0 Å². The molecule has 0 amide bonds. The second-order valence-corrected chi connectivity index (χ2v) is 3.70. The van der Waals surface area contributed by atoms with E-state index in [9.17, 15) is 4.79 Å². The molecule has 0 heterocycles. The zero-order valence-corrected chi connectivity index (χ0v) is 8.94. The number of hydrogen-bond donors (Lipinski definition) is 0. The summed E-state index contributed by atoms with van der Waals surface area (Å²) in [6.07, 6.45) is 0. The topological polar surface area (TPSA) is 17.1 Å². The number of carbonyl (C=O) groups excluding carboxylic acids is 1. The van der Waals surface area contributed by atoms with E-state index in [1.54, 1.807) is 40.8 Å². The summed E-state index contributed by atoms with van der Waals surface area (Å²) in [6, 6.07) is 4.80. The summed E-state index contributed by atoms with van der Waals surface area (Å²) < 4.78 is -0.0406. The quantitative estimate of drug-likeness (QED) is 0.572. The van der Waals surface area contributed by atoms with Crippen LogP contribution in [0.4, 0.5) is 0 Å². The average Bonchev–Trinajstić information content (AvgIpc) is 1.94. The van der Waals surface area contributed by atoms with E-state index < -0.39 is 0 Å². The Morgan fingerprint density at radius 2 is 1.91 bits per heavy atom. The minimum absolute atomic E-state index is 0.0406. The molecular formula is C7H3Cl2IO. The van der Waals surface area contributed by atoms with E-state index >= 15 is 0 Å². The van der Waals surface area contributed by atoms with E-state index in [1.165, 1.54) is 0 Å². The highest BCUT2D eigenvalue weighted by molar-refractivity contribution is 14.1. The lowest BCUT2D eigenvalue weighted by Crippen LogP contribution is -1.86. The Bertz CT molecular complexity index is 298. The summed E-state index contributed by atoms with van der Waals surface area (Å²) in [7, 11) is 0. The molecule has 0 fully saturated rings. The van der Waals surface area contributed by atoms with E-state index in [0.29, 0.717) is 15.6 Å². The second kappa shape index (κ2) is 3.74. The zero-order chi connectivity index (χ0) is 8.43. The van der Waals surface area contributed by atoms with Crippen LogP contribution < -0.4 is 0 Å². The molecular weight excluding hydrogens is 298 g/mol. The van der Waals surface area contributed by atoms with Gasteiger partial charge in [0, 0.05) is 28.2 Å². The highest BCUT2D eigenvalue weighted by Gasteiger charge is 2.03. The standard InChI is InChI=1S/C7H3Cl2IO/c8-5-2-1-4(7(10)11)3-6(5)9/h1-3H. The van der Waals surface area contributed by atoms with Crippen LogP contribution in [0.25, 0.3) is 0 Å². The molecule has 1 aromatic rings. The van der Waals surface area contributed by atoms with Crippen molar-refractivity contribution in [2.75, 3.05) is 0 Å². The lowest BCUT2D eigenvalue weighted by molar-refractivity contribution is 0.110. The van der Waals surface area contributed by atoms with Crippen LogP contribution in [0, 0.1) is 0 Å². The molecule has 58 valence electrons. The Balaban J connectivity index is 3.15. The monoisotopic (exact) mass is 300 g/mol. The van der Waals surface area contributed by atoms with Gasteiger partial charge in [-0.3, -0.25) is 4.79 Å². The SMILES string of the molecule is O=C(I)c1ccc(Cl)c(Cl)c1. The molecule has 0 radical (unpaired) electrons. The third kappa shape index (κ3) is 2.32. The maximum atomic E-state index is 10.8. The van der Waals surface area contributed by atoms with Crippen LogP contribution in [0.2, 0.25) is 10.0 Å². The summed E-state index contributed by atoms with van der Waals surface area (Å²) in [4.78, 5) is 10.8. The van der Waals surface area contributed by atoms with Crippen LogP contribution >= 0.6 is 45.8 Å².